The second kappa shape index (κ2) is 7.56. The normalized spacial score (nSPS) is 22.6. The molecule has 0 saturated carbocycles. The van der Waals surface area contributed by atoms with Gasteiger partial charge in [-0.05, 0) is 44.7 Å². The van der Waals surface area contributed by atoms with Crippen molar-refractivity contribution in [1.82, 2.24) is 15.3 Å². The standard InChI is InChI=1S/C22H30N4O/c1-14-6-5-7-15(2)20(14)21-24-19-8-10-23-13-18(19)22(25-21)26-11-9-17(27-4)12-16(26)3/h5-7,16-17,23H,8-13H2,1-4H3/t16-,17-/m1/s1. The average Bonchev–Trinajstić information content (AvgIpc) is 2.67. The Morgan fingerprint density at radius 1 is 1.19 bits per heavy atom. The van der Waals surface area contributed by atoms with E-state index in [0.717, 1.165) is 50.5 Å². The summed E-state index contributed by atoms with van der Waals surface area (Å²) in [6.45, 7) is 9.41. The number of nitrogens with zero attached hydrogens (tertiary/aromatic N) is 3. The van der Waals surface area contributed by atoms with Crippen molar-refractivity contribution in [1.29, 1.82) is 0 Å². The number of aromatic nitrogens is 2. The van der Waals surface area contributed by atoms with Crippen molar-refractivity contribution >= 4 is 5.82 Å². The third-order valence-electron chi connectivity index (χ3n) is 6.05. The molecule has 5 nitrogen and oxygen atoms in total. The van der Waals surface area contributed by atoms with Gasteiger partial charge in [0.1, 0.15) is 5.82 Å². The van der Waals surface area contributed by atoms with Crippen LogP contribution in [0.3, 0.4) is 0 Å². The SMILES string of the molecule is CO[C@@H]1CCN(c2nc(-c3c(C)cccc3C)nc3c2CNCC3)[C@H](C)C1. The van der Waals surface area contributed by atoms with E-state index in [-0.39, 0.29) is 0 Å². The van der Waals surface area contributed by atoms with Crippen molar-refractivity contribution in [2.75, 3.05) is 25.1 Å². The van der Waals surface area contributed by atoms with Crippen LogP contribution in [0.1, 0.15) is 42.1 Å². The maximum Gasteiger partial charge on any atom is 0.162 e. The summed E-state index contributed by atoms with van der Waals surface area (Å²) >= 11 is 0. The maximum atomic E-state index is 5.61. The predicted molar refractivity (Wildman–Crippen MR) is 109 cm³/mol. The first kappa shape index (κ1) is 18.4. The highest BCUT2D eigenvalue weighted by Gasteiger charge is 2.30. The van der Waals surface area contributed by atoms with Gasteiger partial charge in [0.2, 0.25) is 0 Å². The molecular formula is C22H30N4O. The molecule has 1 fully saturated rings. The quantitative estimate of drug-likeness (QED) is 0.902. The van der Waals surface area contributed by atoms with Crippen LogP contribution in [-0.4, -0.2) is 42.3 Å². The molecule has 27 heavy (non-hydrogen) atoms. The second-order valence-corrected chi connectivity index (χ2v) is 7.91. The second-order valence-electron chi connectivity index (χ2n) is 7.91. The van der Waals surface area contributed by atoms with Crippen LogP contribution in [0.2, 0.25) is 0 Å². The monoisotopic (exact) mass is 366 g/mol. The molecule has 2 atom stereocenters. The Morgan fingerprint density at radius 3 is 2.67 bits per heavy atom. The van der Waals surface area contributed by atoms with E-state index in [9.17, 15) is 0 Å². The van der Waals surface area contributed by atoms with Crippen molar-refractivity contribution in [2.45, 2.75) is 58.7 Å². The van der Waals surface area contributed by atoms with Gasteiger partial charge in [-0.25, -0.2) is 9.97 Å². The molecule has 2 aliphatic rings. The van der Waals surface area contributed by atoms with Crippen molar-refractivity contribution < 1.29 is 4.74 Å². The molecule has 1 aromatic carbocycles. The molecule has 1 N–H and O–H groups in total. The Morgan fingerprint density at radius 2 is 1.96 bits per heavy atom. The van der Waals surface area contributed by atoms with Gasteiger partial charge in [-0.1, -0.05) is 18.2 Å². The first-order valence-electron chi connectivity index (χ1n) is 10.0. The van der Waals surface area contributed by atoms with Gasteiger partial charge in [-0.15, -0.1) is 0 Å². The van der Waals surface area contributed by atoms with E-state index >= 15 is 0 Å². The van der Waals surface area contributed by atoms with E-state index in [4.69, 9.17) is 14.7 Å². The van der Waals surface area contributed by atoms with E-state index in [1.807, 2.05) is 7.11 Å². The number of methoxy groups -OCH3 is 1. The number of hydrogen-bond donors (Lipinski definition) is 1. The van der Waals surface area contributed by atoms with Crippen LogP contribution >= 0.6 is 0 Å². The van der Waals surface area contributed by atoms with Gasteiger partial charge in [0, 0.05) is 50.3 Å². The molecule has 5 heteroatoms. The van der Waals surface area contributed by atoms with Gasteiger partial charge in [0.15, 0.2) is 5.82 Å². The molecule has 3 heterocycles. The van der Waals surface area contributed by atoms with Gasteiger partial charge in [-0.3, -0.25) is 0 Å². The Labute approximate surface area is 162 Å². The van der Waals surface area contributed by atoms with Gasteiger partial charge in [-0.2, -0.15) is 0 Å². The lowest BCUT2D eigenvalue weighted by Crippen LogP contribution is -2.45. The third-order valence-corrected chi connectivity index (χ3v) is 6.05. The number of nitrogens with one attached hydrogen (secondary N) is 1. The lowest BCUT2D eigenvalue weighted by Gasteiger charge is -2.39. The van der Waals surface area contributed by atoms with Gasteiger partial charge >= 0.3 is 0 Å². The molecular weight excluding hydrogens is 336 g/mol. The predicted octanol–water partition coefficient (Wildman–Crippen LogP) is 3.41. The molecule has 4 rings (SSSR count). The summed E-state index contributed by atoms with van der Waals surface area (Å²) in [5.74, 6) is 1.99. The van der Waals surface area contributed by atoms with Gasteiger partial charge < -0.3 is 15.0 Å². The lowest BCUT2D eigenvalue weighted by atomic mass is 9.98. The minimum atomic E-state index is 0.352. The number of hydrogen-bond acceptors (Lipinski definition) is 5. The highest BCUT2D eigenvalue weighted by atomic mass is 16.5. The Bertz CT molecular complexity index is 815. The maximum absolute atomic E-state index is 5.61. The number of ether oxygens (including phenoxy) is 1. The summed E-state index contributed by atoms with van der Waals surface area (Å²) in [5.41, 5.74) is 6.14. The summed E-state index contributed by atoms with van der Waals surface area (Å²) in [7, 11) is 1.82. The first-order chi connectivity index (χ1) is 13.1. The smallest absolute Gasteiger partial charge is 0.162 e. The largest absolute Gasteiger partial charge is 0.381 e. The number of benzene rings is 1. The minimum absolute atomic E-state index is 0.352. The van der Waals surface area contributed by atoms with Crippen molar-refractivity contribution in [3.8, 4) is 11.4 Å². The van der Waals surface area contributed by atoms with Crippen LogP contribution in [0.5, 0.6) is 0 Å². The Balaban J connectivity index is 1.81. The zero-order valence-corrected chi connectivity index (χ0v) is 16.9. The summed E-state index contributed by atoms with van der Waals surface area (Å²) in [6, 6.07) is 6.82. The van der Waals surface area contributed by atoms with Crippen LogP contribution in [0.4, 0.5) is 5.82 Å². The summed E-state index contributed by atoms with van der Waals surface area (Å²) in [5, 5.41) is 3.51. The topological polar surface area (TPSA) is 50.3 Å². The zero-order valence-electron chi connectivity index (χ0n) is 16.9. The molecule has 0 bridgehead atoms. The fourth-order valence-corrected chi connectivity index (χ4v) is 4.50. The molecule has 2 aromatic rings. The van der Waals surface area contributed by atoms with E-state index in [2.05, 4.69) is 49.2 Å². The van der Waals surface area contributed by atoms with Crippen molar-refractivity contribution in [3.05, 3.63) is 40.6 Å². The molecule has 0 unspecified atom stereocenters. The van der Waals surface area contributed by atoms with Crippen LogP contribution in [0.25, 0.3) is 11.4 Å². The molecule has 144 valence electrons. The molecule has 0 spiro atoms. The van der Waals surface area contributed by atoms with Gasteiger partial charge in [0.25, 0.3) is 0 Å². The van der Waals surface area contributed by atoms with Gasteiger partial charge in [0.05, 0.1) is 11.8 Å². The molecule has 1 aromatic heterocycles. The van der Waals surface area contributed by atoms with E-state index in [1.54, 1.807) is 0 Å². The Hall–Kier alpha value is -1.98. The summed E-state index contributed by atoms with van der Waals surface area (Å²) < 4.78 is 5.61. The van der Waals surface area contributed by atoms with Crippen molar-refractivity contribution in [3.63, 3.8) is 0 Å². The number of rotatable bonds is 3. The minimum Gasteiger partial charge on any atom is -0.381 e. The first-order valence-corrected chi connectivity index (χ1v) is 10.0. The molecule has 1 saturated heterocycles. The fraction of sp³-hybridized carbons (Fsp3) is 0.545. The molecule has 0 aliphatic carbocycles. The van der Waals surface area contributed by atoms with Crippen LogP contribution in [-0.2, 0) is 17.7 Å². The van der Waals surface area contributed by atoms with Crippen molar-refractivity contribution in [2.24, 2.45) is 0 Å². The highest BCUT2D eigenvalue weighted by molar-refractivity contribution is 5.67. The number of fused-ring (bicyclic) bond motifs is 1. The van der Waals surface area contributed by atoms with Crippen LogP contribution in [0.15, 0.2) is 18.2 Å². The van der Waals surface area contributed by atoms with Crippen LogP contribution in [0, 0.1) is 13.8 Å². The van der Waals surface area contributed by atoms with E-state index in [1.165, 1.54) is 27.9 Å². The number of aryl methyl sites for hydroxylation is 2. The third kappa shape index (κ3) is 3.46. The highest BCUT2D eigenvalue weighted by Crippen LogP contribution is 2.33. The molecule has 0 radical (unpaired) electrons. The van der Waals surface area contributed by atoms with E-state index in [0.29, 0.717) is 12.1 Å². The lowest BCUT2D eigenvalue weighted by molar-refractivity contribution is 0.0719. The summed E-state index contributed by atoms with van der Waals surface area (Å²) in [4.78, 5) is 12.6. The Kier molecular flexibility index (Phi) is 5.15. The average molecular weight is 367 g/mol. The van der Waals surface area contributed by atoms with E-state index < -0.39 is 0 Å². The molecule has 0 amide bonds. The zero-order chi connectivity index (χ0) is 19.0. The molecule has 2 aliphatic heterocycles. The number of piperidine rings is 1. The number of anilines is 1. The van der Waals surface area contributed by atoms with Crippen LogP contribution < -0.4 is 10.2 Å². The fourth-order valence-electron chi connectivity index (χ4n) is 4.50. The summed E-state index contributed by atoms with van der Waals surface area (Å²) in [6.07, 6.45) is 3.41.